The number of hydrogen-bond donors (Lipinski definition) is 1. The number of nitrogens with two attached hydrogens (primary N) is 1. The van der Waals surface area contributed by atoms with Crippen LogP contribution in [0.1, 0.15) is 48.3 Å². The number of Topliss-reactive ketones (excluding diaryl/α,β-unsaturated/α-hetero) is 1. The number of anilines is 1. The van der Waals surface area contributed by atoms with Crippen molar-refractivity contribution in [2.75, 3.05) is 19.3 Å². The average Bonchev–Trinajstić information content (AvgIpc) is 3.48. The van der Waals surface area contributed by atoms with E-state index in [1.807, 2.05) is 29.7 Å². The minimum absolute atomic E-state index is 0.0915. The lowest BCUT2D eigenvalue weighted by Gasteiger charge is -2.32. The summed E-state index contributed by atoms with van der Waals surface area (Å²) in [7, 11) is 2.12. The van der Waals surface area contributed by atoms with Gasteiger partial charge < -0.3 is 19.5 Å². The van der Waals surface area contributed by atoms with E-state index < -0.39 is 0 Å². The Morgan fingerprint density at radius 3 is 2.88 bits per heavy atom. The second-order valence-electron chi connectivity index (χ2n) is 8.63. The number of aromatic nitrogens is 5. The molecule has 9 heteroatoms. The highest BCUT2D eigenvalue weighted by atomic mass is 16.3. The highest BCUT2D eigenvalue weighted by molar-refractivity contribution is 5.99. The maximum Gasteiger partial charge on any atom is 0.247 e. The van der Waals surface area contributed by atoms with E-state index in [4.69, 9.17) is 15.1 Å². The molecular formula is C24H27N7O2. The van der Waals surface area contributed by atoms with Crippen LogP contribution >= 0.6 is 0 Å². The number of imidazole rings is 1. The molecule has 5 rings (SSSR count). The van der Waals surface area contributed by atoms with Crippen molar-refractivity contribution in [3.8, 4) is 22.8 Å². The Balaban J connectivity index is 1.52. The molecule has 170 valence electrons. The SMILES string of the molecule is Cc1cnc2ccc(-c3nc(C(=O)CCC4CCCCN4C)c(N)nc3-c3ncco3)cn12. The van der Waals surface area contributed by atoms with Gasteiger partial charge >= 0.3 is 0 Å². The topological polar surface area (TPSA) is 115 Å². The predicted octanol–water partition coefficient (Wildman–Crippen LogP) is 3.78. The molecule has 1 aliphatic heterocycles. The minimum atomic E-state index is -0.0981. The van der Waals surface area contributed by atoms with Crippen molar-refractivity contribution < 1.29 is 9.21 Å². The molecule has 0 spiro atoms. The third-order valence-corrected chi connectivity index (χ3v) is 6.41. The van der Waals surface area contributed by atoms with Gasteiger partial charge in [0.25, 0.3) is 0 Å². The first-order chi connectivity index (χ1) is 16.0. The summed E-state index contributed by atoms with van der Waals surface area (Å²) in [6, 6.07) is 4.22. The second-order valence-corrected chi connectivity index (χ2v) is 8.63. The third-order valence-electron chi connectivity index (χ3n) is 6.41. The van der Waals surface area contributed by atoms with E-state index in [0.717, 1.165) is 36.3 Å². The number of nitrogens with zero attached hydrogens (tertiary/aromatic N) is 6. The van der Waals surface area contributed by atoms with E-state index in [2.05, 4.69) is 26.9 Å². The number of pyridine rings is 1. The fourth-order valence-electron chi connectivity index (χ4n) is 4.51. The molecule has 1 atom stereocenters. The molecule has 1 unspecified atom stereocenters. The van der Waals surface area contributed by atoms with E-state index in [9.17, 15) is 4.79 Å². The van der Waals surface area contributed by atoms with E-state index in [1.165, 1.54) is 19.1 Å². The largest absolute Gasteiger partial charge is 0.443 e. The maximum atomic E-state index is 13.2. The Hall–Kier alpha value is -3.59. The van der Waals surface area contributed by atoms with Crippen molar-refractivity contribution in [3.05, 3.63) is 48.4 Å². The number of aryl methyl sites for hydroxylation is 1. The Morgan fingerprint density at radius 2 is 2.09 bits per heavy atom. The first-order valence-corrected chi connectivity index (χ1v) is 11.3. The number of nitrogen functional groups attached to an aromatic ring is 1. The number of piperidine rings is 1. The first kappa shape index (κ1) is 21.3. The van der Waals surface area contributed by atoms with Crippen molar-refractivity contribution in [2.24, 2.45) is 0 Å². The summed E-state index contributed by atoms with van der Waals surface area (Å²) in [5.41, 5.74) is 9.90. The zero-order valence-electron chi connectivity index (χ0n) is 18.9. The Labute approximate surface area is 191 Å². The van der Waals surface area contributed by atoms with Gasteiger partial charge in [-0.2, -0.15) is 0 Å². The van der Waals surface area contributed by atoms with Crippen molar-refractivity contribution in [1.82, 2.24) is 29.2 Å². The van der Waals surface area contributed by atoms with Crippen LogP contribution in [-0.4, -0.2) is 54.7 Å². The maximum absolute atomic E-state index is 13.2. The molecule has 0 amide bonds. The molecular weight excluding hydrogens is 418 g/mol. The van der Waals surface area contributed by atoms with Gasteiger partial charge in [-0.3, -0.25) is 4.79 Å². The Bertz CT molecular complexity index is 1300. The van der Waals surface area contributed by atoms with Crippen LogP contribution in [0, 0.1) is 6.92 Å². The van der Waals surface area contributed by atoms with Crippen molar-refractivity contribution >= 4 is 17.2 Å². The zero-order valence-corrected chi connectivity index (χ0v) is 18.9. The molecule has 2 N–H and O–H groups in total. The van der Waals surface area contributed by atoms with Crippen LogP contribution in [0.2, 0.25) is 0 Å². The number of fused-ring (bicyclic) bond motifs is 1. The molecule has 1 fully saturated rings. The van der Waals surface area contributed by atoms with Gasteiger partial charge in [0.05, 0.1) is 6.20 Å². The van der Waals surface area contributed by atoms with E-state index in [0.29, 0.717) is 29.7 Å². The fraction of sp³-hybridized carbons (Fsp3) is 0.375. The van der Waals surface area contributed by atoms with Gasteiger partial charge in [-0.05, 0) is 51.9 Å². The van der Waals surface area contributed by atoms with Gasteiger partial charge in [0, 0.05) is 36.1 Å². The van der Waals surface area contributed by atoms with Crippen molar-refractivity contribution in [3.63, 3.8) is 0 Å². The Kier molecular flexibility index (Phi) is 5.63. The van der Waals surface area contributed by atoms with Crippen LogP contribution in [0.3, 0.4) is 0 Å². The van der Waals surface area contributed by atoms with Gasteiger partial charge in [0.2, 0.25) is 5.89 Å². The summed E-state index contributed by atoms with van der Waals surface area (Å²) in [5.74, 6) is 0.294. The summed E-state index contributed by atoms with van der Waals surface area (Å²) in [4.78, 5) is 33.3. The molecule has 0 radical (unpaired) electrons. The van der Waals surface area contributed by atoms with E-state index >= 15 is 0 Å². The number of carbonyl (C=O) groups excluding carboxylic acids is 1. The highest BCUT2D eigenvalue weighted by Gasteiger charge is 2.24. The lowest BCUT2D eigenvalue weighted by molar-refractivity contribution is 0.0950. The molecule has 0 aliphatic carbocycles. The molecule has 1 saturated heterocycles. The van der Waals surface area contributed by atoms with Crippen molar-refractivity contribution in [2.45, 2.75) is 45.1 Å². The number of ketones is 1. The number of carbonyl (C=O) groups is 1. The molecule has 1 aliphatic rings. The van der Waals surface area contributed by atoms with Crippen LogP contribution in [-0.2, 0) is 0 Å². The molecule has 5 heterocycles. The predicted molar refractivity (Wildman–Crippen MR) is 125 cm³/mol. The van der Waals surface area contributed by atoms with Crippen LogP contribution in [0.25, 0.3) is 28.5 Å². The average molecular weight is 446 g/mol. The second kappa shape index (κ2) is 8.74. The monoisotopic (exact) mass is 445 g/mol. The molecule has 9 nitrogen and oxygen atoms in total. The van der Waals surface area contributed by atoms with Crippen LogP contribution < -0.4 is 5.73 Å². The van der Waals surface area contributed by atoms with Gasteiger partial charge in [-0.1, -0.05) is 6.42 Å². The highest BCUT2D eigenvalue weighted by Crippen LogP contribution is 2.31. The molecule has 0 aromatic carbocycles. The van der Waals surface area contributed by atoms with Gasteiger partial charge in [0.1, 0.15) is 23.3 Å². The van der Waals surface area contributed by atoms with Crippen LogP contribution in [0.4, 0.5) is 5.82 Å². The normalized spacial score (nSPS) is 17.0. The smallest absolute Gasteiger partial charge is 0.247 e. The number of hydrogen-bond acceptors (Lipinski definition) is 8. The van der Waals surface area contributed by atoms with Gasteiger partial charge in [0.15, 0.2) is 17.3 Å². The lowest BCUT2D eigenvalue weighted by Crippen LogP contribution is -2.36. The van der Waals surface area contributed by atoms with Gasteiger partial charge in [-0.15, -0.1) is 0 Å². The quantitative estimate of drug-likeness (QED) is 0.446. The summed E-state index contributed by atoms with van der Waals surface area (Å²) >= 11 is 0. The standard InChI is InChI=1S/C24H27N7O2/c1-15-13-27-19-9-6-16(14-31(15)19)20-22(24-26-10-12-33-24)29-23(25)21(28-20)18(32)8-7-17-5-3-4-11-30(17)2/h6,9-10,12-14,17H,3-5,7-8,11H2,1-2H3,(H2,25,29). The summed E-state index contributed by atoms with van der Waals surface area (Å²) < 4.78 is 7.46. The molecule has 33 heavy (non-hydrogen) atoms. The Morgan fingerprint density at radius 1 is 1.21 bits per heavy atom. The van der Waals surface area contributed by atoms with Crippen LogP contribution in [0.5, 0.6) is 0 Å². The fourth-order valence-corrected chi connectivity index (χ4v) is 4.51. The van der Waals surface area contributed by atoms with Crippen molar-refractivity contribution in [1.29, 1.82) is 0 Å². The molecule has 4 aromatic rings. The van der Waals surface area contributed by atoms with Crippen LogP contribution in [0.15, 0.2) is 41.4 Å². The van der Waals surface area contributed by atoms with E-state index in [-0.39, 0.29) is 17.3 Å². The summed E-state index contributed by atoms with van der Waals surface area (Å²) in [6.45, 7) is 3.05. The number of rotatable bonds is 6. The summed E-state index contributed by atoms with van der Waals surface area (Å²) in [5, 5.41) is 0. The third kappa shape index (κ3) is 4.11. The summed E-state index contributed by atoms with van der Waals surface area (Å²) in [6.07, 6.45) is 11.4. The van der Waals surface area contributed by atoms with Gasteiger partial charge in [-0.25, -0.2) is 19.9 Å². The zero-order chi connectivity index (χ0) is 22.9. The lowest BCUT2D eigenvalue weighted by atomic mass is 9.97. The number of oxazole rings is 1. The molecule has 0 saturated carbocycles. The molecule has 4 aromatic heterocycles. The minimum Gasteiger partial charge on any atom is -0.443 e. The molecule has 0 bridgehead atoms. The first-order valence-electron chi connectivity index (χ1n) is 11.3. The number of likely N-dealkylation sites (tertiary alicyclic amines) is 1. The van der Waals surface area contributed by atoms with E-state index in [1.54, 1.807) is 12.4 Å².